The highest BCUT2D eigenvalue weighted by Gasteiger charge is 2.15. The van der Waals surface area contributed by atoms with Gasteiger partial charge in [0.25, 0.3) is 5.91 Å². The Bertz CT molecular complexity index is 1060. The van der Waals surface area contributed by atoms with Crippen LogP contribution < -0.4 is 14.9 Å². The van der Waals surface area contributed by atoms with E-state index in [1.165, 1.54) is 5.56 Å². The van der Waals surface area contributed by atoms with Crippen molar-refractivity contribution >= 4 is 11.6 Å². The quantitative estimate of drug-likeness (QED) is 0.545. The van der Waals surface area contributed by atoms with Crippen LogP contribution in [0.4, 0.5) is 0 Å². The van der Waals surface area contributed by atoms with E-state index in [9.17, 15) is 4.79 Å². The number of ether oxygens (including phenoxy) is 2. The molecule has 0 bridgehead atoms. The zero-order chi connectivity index (χ0) is 21.5. The highest BCUT2D eigenvalue weighted by Crippen LogP contribution is 2.21. The number of benzene rings is 3. The van der Waals surface area contributed by atoms with Crippen molar-refractivity contribution in [3.8, 4) is 11.5 Å². The Balaban J connectivity index is 1.33. The predicted molar refractivity (Wildman–Crippen MR) is 122 cm³/mol. The first kappa shape index (κ1) is 20.7. The van der Waals surface area contributed by atoms with E-state index >= 15 is 0 Å². The summed E-state index contributed by atoms with van der Waals surface area (Å²) in [6.07, 6.45) is 2.98. The maximum absolute atomic E-state index is 12.5. The van der Waals surface area contributed by atoms with E-state index in [-0.39, 0.29) is 5.91 Å². The maximum atomic E-state index is 12.5. The Morgan fingerprint density at radius 3 is 2.35 bits per heavy atom. The van der Waals surface area contributed by atoms with Crippen molar-refractivity contribution in [1.29, 1.82) is 0 Å². The van der Waals surface area contributed by atoms with Gasteiger partial charge in [-0.05, 0) is 73.7 Å². The molecule has 0 saturated carbocycles. The van der Waals surface area contributed by atoms with E-state index in [1.54, 1.807) is 12.1 Å². The van der Waals surface area contributed by atoms with E-state index in [1.807, 2.05) is 55.5 Å². The molecule has 3 aromatic carbocycles. The molecule has 5 nitrogen and oxygen atoms in total. The van der Waals surface area contributed by atoms with Gasteiger partial charge in [-0.15, -0.1) is 0 Å². The smallest absolute Gasteiger partial charge is 0.271 e. The third kappa shape index (κ3) is 5.31. The molecule has 4 rings (SSSR count). The van der Waals surface area contributed by atoms with Crippen molar-refractivity contribution in [2.24, 2.45) is 5.10 Å². The minimum atomic E-state index is -0.213. The van der Waals surface area contributed by atoms with Gasteiger partial charge < -0.3 is 9.47 Å². The number of hydrogen-bond donors (Lipinski definition) is 1. The molecular weight excluding hydrogens is 388 g/mol. The van der Waals surface area contributed by atoms with Crippen LogP contribution in [0.5, 0.6) is 11.5 Å². The number of fused-ring (bicyclic) bond motifs is 1. The molecule has 1 amide bonds. The fraction of sp³-hybridized carbons (Fsp3) is 0.231. The third-order valence-electron chi connectivity index (χ3n) is 5.24. The van der Waals surface area contributed by atoms with Gasteiger partial charge >= 0.3 is 0 Å². The first-order valence-electron chi connectivity index (χ1n) is 10.6. The van der Waals surface area contributed by atoms with Gasteiger partial charge in [0.1, 0.15) is 18.1 Å². The van der Waals surface area contributed by atoms with Gasteiger partial charge in [0, 0.05) is 11.1 Å². The minimum absolute atomic E-state index is 0.213. The third-order valence-corrected chi connectivity index (χ3v) is 5.24. The van der Waals surface area contributed by atoms with Crippen molar-refractivity contribution in [3.63, 3.8) is 0 Å². The molecule has 158 valence electrons. The monoisotopic (exact) mass is 414 g/mol. The normalized spacial score (nSPS) is 14.0. The summed E-state index contributed by atoms with van der Waals surface area (Å²) in [6, 6.07) is 23.2. The number of nitrogens with one attached hydrogen (secondary N) is 1. The molecule has 0 heterocycles. The SMILES string of the molecule is CCOc1ccc(OCc2ccc(C(=O)N/N=C3\CCCc4ccccc43)cc2)cc1. The fourth-order valence-corrected chi connectivity index (χ4v) is 3.62. The molecule has 0 radical (unpaired) electrons. The average molecular weight is 415 g/mol. The van der Waals surface area contributed by atoms with E-state index in [0.29, 0.717) is 18.8 Å². The Labute approximate surface area is 182 Å². The Morgan fingerprint density at radius 1 is 0.903 bits per heavy atom. The molecule has 0 aliphatic heterocycles. The van der Waals surface area contributed by atoms with Gasteiger partial charge in [-0.2, -0.15) is 5.10 Å². The van der Waals surface area contributed by atoms with Crippen molar-refractivity contribution in [1.82, 2.24) is 5.43 Å². The first-order valence-corrected chi connectivity index (χ1v) is 10.6. The van der Waals surface area contributed by atoms with Crippen LogP contribution >= 0.6 is 0 Å². The number of aryl methyl sites for hydroxylation is 1. The number of carbonyl (C=O) groups excluding carboxylic acids is 1. The minimum Gasteiger partial charge on any atom is -0.494 e. The molecule has 0 fully saturated rings. The van der Waals surface area contributed by atoms with E-state index in [2.05, 4.69) is 22.7 Å². The van der Waals surface area contributed by atoms with Gasteiger partial charge in [-0.3, -0.25) is 4.79 Å². The van der Waals surface area contributed by atoms with Gasteiger partial charge in [0.05, 0.1) is 12.3 Å². The molecule has 0 atom stereocenters. The molecule has 0 aromatic heterocycles. The zero-order valence-electron chi connectivity index (χ0n) is 17.6. The van der Waals surface area contributed by atoms with Crippen molar-refractivity contribution in [2.45, 2.75) is 32.8 Å². The topological polar surface area (TPSA) is 59.9 Å². The van der Waals surface area contributed by atoms with E-state index in [0.717, 1.165) is 47.6 Å². The van der Waals surface area contributed by atoms with Crippen LogP contribution in [0.25, 0.3) is 0 Å². The number of amides is 1. The fourth-order valence-electron chi connectivity index (χ4n) is 3.62. The Hall–Kier alpha value is -3.60. The summed E-state index contributed by atoms with van der Waals surface area (Å²) in [6.45, 7) is 3.02. The molecule has 0 saturated heterocycles. The van der Waals surface area contributed by atoms with Crippen LogP contribution in [0.15, 0.2) is 77.9 Å². The average Bonchev–Trinajstić information content (AvgIpc) is 2.82. The van der Waals surface area contributed by atoms with Gasteiger partial charge in [0.2, 0.25) is 0 Å². The van der Waals surface area contributed by atoms with Crippen LogP contribution in [0.2, 0.25) is 0 Å². The Morgan fingerprint density at radius 2 is 1.61 bits per heavy atom. The second-order valence-electron chi connectivity index (χ2n) is 7.40. The molecule has 1 aliphatic carbocycles. The second-order valence-corrected chi connectivity index (χ2v) is 7.40. The molecule has 0 spiro atoms. The summed E-state index contributed by atoms with van der Waals surface area (Å²) in [5, 5.41) is 4.40. The molecule has 0 unspecified atom stereocenters. The van der Waals surface area contributed by atoms with Crippen molar-refractivity contribution in [3.05, 3.63) is 95.1 Å². The lowest BCUT2D eigenvalue weighted by Gasteiger charge is -2.17. The number of carbonyl (C=O) groups is 1. The number of rotatable bonds is 7. The predicted octanol–water partition coefficient (Wildman–Crippen LogP) is 5.13. The number of hydrogen-bond acceptors (Lipinski definition) is 4. The molecule has 1 aliphatic rings. The Kier molecular flexibility index (Phi) is 6.62. The lowest BCUT2D eigenvalue weighted by atomic mass is 9.90. The lowest BCUT2D eigenvalue weighted by molar-refractivity contribution is 0.0954. The number of nitrogens with zero attached hydrogens (tertiary/aromatic N) is 1. The van der Waals surface area contributed by atoms with Gasteiger partial charge in [-0.25, -0.2) is 5.43 Å². The molecule has 31 heavy (non-hydrogen) atoms. The summed E-state index contributed by atoms with van der Waals surface area (Å²) in [4.78, 5) is 12.5. The summed E-state index contributed by atoms with van der Waals surface area (Å²) in [7, 11) is 0. The standard InChI is InChI=1S/C26H26N2O3/c1-2-30-22-14-16-23(17-15-22)31-18-19-10-12-21(13-11-19)26(29)28-27-25-9-5-7-20-6-3-4-8-24(20)25/h3-4,6,8,10-17H,2,5,7,9,18H2,1H3,(H,28,29)/b27-25+. The van der Waals surface area contributed by atoms with Crippen LogP contribution in [0.1, 0.15) is 46.8 Å². The largest absolute Gasteiger partial charge is 0.494 e. The maximum Gasteiger partial charge on any atom is 0.271 e. The number of hydrazone groups is 1. The second kappa shape index (κ2) is 9.94. The molecular formula is C26H26N2O3. The van der Waals surface area contributed by atoms with Crippen LogP contribution in [-0.4, -0.2) is 18.2 Å². The summed E-state index contributed by atoms with van der Waals surface area (Å²) in [5.74, 6) is 1.38. The van der Waals surface area contributed by atoms with Crippen LogP contribution in [0, 0.1) is 0 Å². The van der Waals surface area contributed by atoms with Crippen LogP contribution in [0.3, 0.4) is 0 Å². The highest BCUT2D eigenvalue weighted by molar-refractivity contribution is 6.04. The van der Waals surface area contributed by atoms with Crippen molar-refractivity contribution < 1.29 is 14.3 Å². The van der Waals surface area contributed by atoms with Crippen molar-refractivity contribution in [2.75, 3.05) is 6.61 Å². The molecule has 3 aromatic rings. The summed E-state index contributed by atoms with van der Waals surface area (Å²) < 4.78 is 11.2. The molecule has 5 heteroatoms. The van der Waals surface area contributed by atoms with E-state index < -0.39 is 0 Å². The highest BCUT2D eigenvalue weighted by atomic mass is 16.5. The summed E-state index contributed by atoms with van der Waals surface area (Å²) in [5.41, 5.74) is 7.63. The van der Waals surface area contributed by atoms with Gasteiger partial charge in [0.15, 0.2) is 0 Å². The summed E-state index contributed by atoms with van der Waals surface area (Å²) >= 11 is 0. The van der Waals surface area contributed by atoms with E-state index in [4.69, 9.17) is 9.47 Å². The van der Waals surface area contributed by atoms with Crippen LogP contribution in [-0.2, 0) is 13.0 Å². The molecule has 1 N–H and O–H groups in total. The zero-order valence-corrected chi connectivity index (χ0v) is 17.6. The first-order chi connectivity index (χ1) is 15.2. The lowest BCUT2D eigenvalue weighted by Crippen LogP contribution is -2.22. The van der Waals surface area contributed by atoms with Gasteiger partial charge in [-0.1, -0.05) is 36.4 Å².